The lowest BCUT2D eigenvalue weighted by Crippen LogP contribution is -2.21. The summed E-state index contributed by atoms with van der Waals surface area (Å²) in [5.74, 6) is -3.90. The molecule has 1 aromatic rings. The standard InChI is InChI=1S/C10H7F2NO4/c11-6-3-5(10(1-2-10)9(14)15)8(13(16)17)4-7(6)12/h3-4H,1-2H2,(H,14,15). The number of benzene rings is 1. The molecule has 0 radical (unpaired) electrons. The second kappa shape index (κ2) is 3.47. The maximum atomic E-state index is 13.1. The van der Waals surface area contributed by atoms with Gasteiger partial charge in [-0.2, -0.15) is 0 Å². The minimum Gasteiger partial charge on any atom is -0.481 e. The number of halogens is 2. The summed E-state index contributed by atoms with van der Waals surface area (Å²) in [4.78, 5) is 20.8. The van der Waals surface area contributed by atoms with Crippen LogP contribution in [-0.2, 0) is 10.2 Å². The summed E-state index contributed by atoms with van der Waals surface area (Å²) >= 11 is 0. The molecule has 1 N–H and O–H groups in total. The van der Waals surface area contributed by atoms with Crippen LogP contribution in [0.15, 0.2) is 12.1 Å². The van der Waals surface area contributed by atoms with Crippen LogP contribution < -0.4 is 0 Å². The highest BCUT2D eigenvalue weighted by Crippen LogP contribution is 2.51. The molecule has 1 aromatic carbocycles. The number of carbonyl (C=O) groups is 1. The van der Waals surface area contributed by atoms with E-state index in [2.05, 4.69) is 0 Å². The highest BCUT2D eigenvalue weighted by Gasteiger charge is 2.55. The topological polar surface area (TPSA) is 80.4 Å². The van der Waals surface area contributed by atoms with Crippen molar-refractivity contribution in [2.24, 2.45) is 0 Å². The Morgan fingerprint density at radius 1 is 1.35 bits per heavy atom. The molecule has 5 nitrogen and oxygen atoms in total. The van der Waals surface area contributed by atoms with Gasteiger partial charge in [0, 0.05) is 0 Å². The van der Waals surface area contributed by atoms with Crippen molar-refractivity contribution in [2.45, 2.75) is 18.3 Å². The van der Waals surface area contributed by atoms with Gasteiger partial charge in [-0.1, -0.05) is 0 Å². The van der Waals surface area contributed by atoms with Crippen molar-refractivity contribution in [1.29, 1.82) is 0 Å². The molecule has 2 rings (SSSR count). The molecule has 1 aliphatic rings. The molecule has 0 aromatic heterocycles. The summed E-state index contributed by atoms with van der Waals surface area (Å²) in [7, 11) is 0. The number of nitro groups is 1. The van der Waals surface area contributed by atoms with E-state index in [-0.39, 0.29) is 18.4 Å². The molecule has 0 saturated heterocycles. The second-order valence-corrected chi connectivity index (χ2v) is 3.93. The van der Waals surface area contributed by atoms with Gasteiger partial charge in [-0.3, -0.25) is 14.9 Å². The zero-order valence-corrected chi connectivity index (χ0v) is 8.44. The first kappa shape index (κ1) is 11.4. The van der Waals surface area contributed by atoms with E-state index in [0.717, 1.165) is 0 Å². The van der Waals surface area contributed by atoms with Crippen LogP contribution >= 0.6 is 0 Å². The Balaban J connectivity index is 2.64. The number of nitro benzene ring substituents is 1. The fourth-order valence-electron chi connectivity index (χ4n) is 1.79. The lowest BCUT2D eigenvalue weighted by Gasteiger charge is -2.10. The van der Waals surface area contributed by atoms with Crippen LogP contribution in [0.25, 0.3) is 0 Å². The third-order valence-electron chi connectivity index (χ3n) is 2.91. The molecule has 90 valence electrons. The van der Waals surface area contributed by atoms with E-state index < -0.39 is 33.6 Å². The molecular formula is C10H7F2NO4. The first-order valence-corrected chi connectivity index (χ1v) is 4.76. The summed E-state index contributed by atoms with van der Waals surface area (Å²) in [6, 6.07) is 1.03. The van der Waals surface area contributed by atoms with Crippen LogP contribution in [0.5, 0.6) is 0 Å². The van der Waals surface area contributed by atoms with Crippen molar-refractivity contribution >= 4 is 11.7 Å². The third kappa shape index (κ3) is 1.63. The molecule has 0 amide bonds. The molecule has 1 fully saturated rings. The number of nitrogens with zero attached hydrogens (tertiary/aromatic N) is 1. The monoisotopic (exact) mass is 243 g/mol. The first-order valence-electron chi connectivity index (χ1n) is 4.76. The minimum absolute atomic E-state index is 0.189. The van der Waals surface area contributed by atoms with E-state index in [9.17, 15) is 23.7 Å². The van der Waals surface area contributed by atoms with Gasteiger partial charge in [-0.15, -0.1) is 0 Å². The van der Waals surface area contributed by atoms with Crippen LogP contribution in [0.2, 0.25) is 0 Å². The molecule has 7 heteroatoms. The lowest BCUT2D eigenvalue weighted by atomic mass is 9.94. The van der Waals surface area contributed by atoms with Gasteiger partial charge in [-0.25, -0.2) is 8.78 Å². The van der Waals surface area contributed by atoms with Gasteiger partial charge in [0.25, 0.3) is 5.69 Å². The van der Waals surface area contributed by atoms with Gasteiger partial charge < -0.3 is 5.11 Å². The number of hydrogen-bond acceptors (Lipinski definition) is 3. The zero-order chi connectivity index (χ0) is 12.8. The van der Waals surface area contributed by atoms with Gasteiger partial charge in [0.1, 0.15) is 0 Å². The predicted octanol–water partition coefficient (Wildman–Crippen LogP) is 1.99. The molecule has 0 atom stereocenters. The Morgan fingerprint density at radius 2 is 1.88 bits per heavy atom. The Kier molecular flexibility index (Phi) is 2.34. The summed E-state index contributed by atoms with van der Waals surface area (Å²) in [6.07, 6.45) is 0.377. The summed E-state index contributed by atoms with van der Waals surface area (Å²) in [5, 5.41) is 19.7. The minimum atomic E-state index is -1.43. The summed E-state index contributed by atoms with van der Waals surface area (Å²) in [5.41, 5.74) is -2.39. The van der Waals surface area contributed by atoms with E-state index in [0.29, 0.717) is 12.1 Å². The lowest BCUT2D eigenvalue weighted by molar-refractivity contribution is -0.386. The summed E-state index contributed by atoms with van der Waals surface area (Å²) < 4.78 is 26.0. The molecule has 17 heavy (non-hydrogen) atoms. The number of rotatable bonds is 3. The third-order valence-corrected chi connectivity index (χ3v) is 2.91. The van der Waals surface area contributed by atoms with Crippen LogP contribution in [0.3, 0.4) is 0 Å². The van der Waals surface area contributed by atoms with Crippen molar-refractivity contribution in [2.75, 3.05) is 0 Å². The Morgan fingerprint density at radius 3 is 2.29 bits per heavy atom. The fraction of sp³-hybridized carbons (Fsp3) is 0.300. The van der Waals surface area contributed by atoms with Gasteiger partial charge >= 0.3 is 5.97 Å². The maximum absolute atomic E-state index is 13.1. The highest BCUT2D eigenvalue weighted by molar-refractivity contribution is 5.86. The molecule has 0 spiro atoms. The van der Waals surface area contributed by atoms with E-state index in [4.69, 9.17) is 5.11 Å². The second-order valence-electron chi connectivity index (χ2n) is 3.93. The molecule has 0 aliphatic heterocycles. The Hall–Kier alpha value is -2.05. The van der Waals surface area contributed by atoms with E-state index in [1.54, 1.807) is 0 Å². The van der Waals surface area contributed by atoms with Crippen LogP contribution in [0.1, 0.15) is 18.4 Å². The number of hydrogen-bond donors (Lipinski definition) is 1. The van der Waals surface area contributed by atoms with Crippen LogP contribution in [0, 0.1) is 21.7 Å². The molecular weight excluding hydrogens is 236 g/mol. The van der Waals surface area contributed by atoms with Crippen LogP contribution in [0.4, 0.5) is 14.5 Å². The van der Waals surface area contributed by atoms with E-state index >= 15 is 0 Å². The highest BCUT2D eigenvalue weighted by atomic mass is 19.2. The molecule has 0 bridgehead atoms. The molecule has 0 unspecified atom stereocenters. The van der Waals surface area contributed by atoms with Crippen molar-refractivity contribution in [3.63, 3.8) is 0 Å². The first-order chi connectivity index (χ1) is 7.88. The molecule has 1 aliphatic carbocycles. The quantitative estimate of drug-likeness (QED) is 0.650. The van der Waals surface area contributed by atoms with Crippen molar-refractivity contribution in [3.8, 4) is 0 Å². The van der Waals surface area contributed by atoms with E-state index in [1.807, 2.05) is 0 Å². The van der Waals surface area contributed by atoms with Crippen molar-refractivity contribution in [3.05, 3.63) is 39.4 Å². The largest absolute Gasteiger partial charge is 0.481 e. The van der Waals surface area contributed by atoms with Gasteiger partial charge in [0.2, 0.25) is 0 Å². The normalized spacial score (nSPS) is 16.6. The maximum Gasteiger partial charge on any atom is 0.314 e. The Labute approximate surface area is 93.8 Å². The number of aliphatic carboxylic acids is 1. The van der Waals surface area contributed by atoms with Crippen molar-refractivity contribution < 1.29 is 23.6 Å². The Bertz CT molecular complexity index is 525. The SMILES string of the molecule is O=C(O)C1(c2cc(F)c(F)cc2[N+](=O)[O-])CC1. The number of carboxylic acid groups (broad SMARTS) is 1. The average molecular weight is 243 g/mol. The average Bonchev–Trinajstić information content (AvgIpc) is 3.02. The van der Waals surface area contributed by atoms with Crippen LogP contribution in [-0.4, -0.2) is 16.0 Å². The fourth-order valence-corrected chi connectivity index (χ4v) is 1.79. The van der Waals surface area contributed by atoms with Gasteiger partial charge in [0.05, 0.1) is 22.0 Å². The summed E-state index contributed by atoms with van der Waals surface area (Å²) in [6.45, 7) is 0. The molecule has 0 heterocycles. The van der Waals surface area contributed by atoms with E-state index in [1.165, 1.54) is 0 Å². The van der Waals surface area contributed by atoms with Gasteiger partial charge in [0.15, 0.2) is 11.6 Å². The predicted molar refractivity (Wildman–Crippen MR) is 51.6 cm³/mol. The zero-order valence-electron chi connectivity index (χ0n) is 8.44. The smallest absolute Gasteiger partial charge is 0.314 e. The van der Waals surface area contributed by atoms with Crippen molar-refractivity contribution in [1.82, 2.24) is 0 Å². The molecule has 1 saturated carbocycles. The van der Waals surface area contributed by atoms with Gasteiger partial charge in [-0.05, 0) is 18.9 Å². The number of carboxylic acids is 1.